The standard InChI is InChI=1S/C17H17N3O3S/c1-24(21,22)12-14-9-5-6-10-15(14)18-11-16-19-17(23-20-16)13-7-3-2-4-8-13/h2-10,18H,11-12H2,1H3. The second kappa shape index (κ2) is 6.84. The molecule has 1 aromatic heterocycles. The van der Waals surface area contributed by atoms with Crippen LogP contribution in [0, 0.1) is 0 Å². The van der Waals surface area contributed by atoms with Crippen molar-refractivity contribution in [3.05, 3.63) is 66.0 Å². The number of nitrogens with one attached hydrogen (secondary N) is 1. The van der Waals surface area contributed by atoms with Crippen LogP contribution in [0.1, 0.15) is 11.4 Å². The van der Waals surface area contributed by atoms with Gasteiger partial charge < -0.3 is 9.84 Å². The van der Waals surface area contributed by atoms with Crippen molar-refractivity contribution >= 4 is 15.5 Å². The van der Waals surface area contributed by atoms with Crippen molar-refractivity contribution in [3.8, 4) is 11.5 Å². The second-order valence-corrected chi connectivity index (χ2v) is 7.60. The largest absolute Gasteiger partial charge is 0.377 e. The maximum Gasteiger partial charge on any atom is 0.257 e. The number of benzene rings is 2. The van der Waals surface area contributed by atoms with Crippen LogP contribution in [0.5, 0.6) is 0 Å². The predicted molar refractivity (Wildman–Crippen MR) is 92.1 cm³/mol. The molecule has 6 nitrogen and oxygen atoms in total. The molecule has 0 saturated carbocycles. The molecule has 0 fully saturated rings. The lowest BCUT2D eigenvalue weighted by atomic mass is 10.2. The van der Waals surface area contributed by atoms with Gasteiger partial charge in [0.1, 0.15) is 0 Å². The minimum absolute atomic E-state index is 0.0162. The summed E-state index contributed by atoms with van der Waals surface area (Å²) in [6.07, 6.45) is 1.22. The zero-order valence-electron chi connectivity index (χ0n) is 13.1. The first kappa shape index (κ1) is 16.2. The summed E-state index contributed by atoms with van der Waals surface area (Å²) in [5, 5.41) is 7.11. The Hall–Kier alpha value is -2.67. The van der Waals surface area contributed by atoms with Crippen molar-refractivity contribution in [2.24, 2.45) is 0 Å². The highest BCUT2D eigenvalue weighted by Crippen LogP contribution is 2.19. The summed E-state index contributed by atoms with van der Waals surface area (Å²) in [7, 11) is -3.10. The zero-order chi connectivity index (χ0) is 17.0. The Morgan fingerprint density at radius 3 is 2.50 bits per heavy atom. The molecule has 24 heavy (non-hydrogen) atoms. The normalized spacial score (nSPS) is 11.4. The average molecular weight is 343 g/mol. The fourth-order valence-electron chi connectivity index (χ4n) is 2.30. The van der Waals surface area contributed by atoms with E-state index in [0.717, 1.165) is 11.3 Å². The van der Waals surface area contributed by atoms with Crippen LogP contribution in [0.2, 0.25) is 0 Å². The number of aromatic nitrogens is 2. The zero-order valence-corrected chi connectivity index (χ0v) is 14.0. The van der Waals surface area contributed by atoms with Crippen LogP contribution in [0.3, 0.4) is 0 Å². The third-order valence-electron chi connectivity index (χ3n) is 3.36. The highest BCUT2D eigenvalue weighted by Gasteiger charge is 2.11. The number of rotatable bonds is 6. The summed E-state index contributed by atoms with van der Waals surface area (Å²) in [4.78, 5) is 4.34. The Morgan fingerprint density at radius 1 is 1.04 bits per heavy atom. The lowest BCUT2D eigenvalue weighted by molar-refractivity contribution is 0.423. The first-order valence-electron chi connectivity index (χ1n) is 7.39. The van der Waals surface area contributed by atoms with Crippen molar-refractivity contribution in [3.63, 3.8) is 0 Å². The van der Waals surface area contributed by atoms with Gasteiger partial charge in [-0.3, -0.25) is 0 Å². The van der Waals surface area contributed by atoms with E-state index in [1.807, 2.05) is 48.5 Å². The number of sulfone groups is 1. The van der Waals surface area contributed by atoms with Gasteiger partial charge in [-0.05, 0) is 23.8 Å². The maximum atomic E-state index is 11.5. The number of para-hydroxylation sites is 1. The van der Waals surface area contributed by atoms with Crippen LogP contribution in [0.4, 0.5) is 5.69 Å². The molecule has 1 N–H and O–H groups in total. The van der Waals surface area contributed by atoms with Gasteiger partial charge in [-0.15, -0.1) is 0 Å². The molecule has 2 aromatic carbocycles. The molecule has 1 heterocycles. The van der Waals surface area contributed by atoms with E-state index in [4.69, 9.17) is 4.52 Å². The molecule has 0 saturated heterocycles. The van der Waals surface area contributed by atoms with E-state index < -0.39 is 9.84 Å². The molecule has 124 valence electrons. The summed E-state index contributed by atoms with van der Waals surface area (Å²) < 4.78 is 28.3. The van der Waals surface area contributed by atoms with Crippen LogP contribution in [0.25, 0.3) is 11.5 Å². The summed E-state index contributed by atoms with van der Waals surface area (Å²) >= 11 is 0. The van der Waals surface area contributed by atoms with Gasteiger partial charge in [-0.25, -0.2) is 8.42 Å². The molecule has 0 radical (unpaired) electrons. The molecule has 0 unspecified atom stereocenters. The van der Waals surface area contributed by atoms with Gasteiger partial charge >= 0.3 is 0 Å². The predicted octanol–water partition coefficient (Wildman–Crippen LogP) is 2.89. The van der Waals surface area contributed by atoms with Gasteiger partial charge in [0.05, 0.1) is 12.3 Å². The monoisotopic (exact) mass is 343 g/mol. The second-order valence-electron chi connectivity index (χ2n) is 5.46. The first-order chi connectivity index (χ1) is 11.5. The van der Waals surface area contributed by atoms with Crippen LogP contribution in [-0.2, 0) is 22.1 Å². The third-order valence-corrected chi connectivity index (χ3v) is 4.20. The summed E-state index contributed by atoms with van der Waals surface area (Å²) in [6.45, 7) is 0.344. The lowest BCUT2D eigenvalue weighted by Crippen LogP contribution is -2.07. The average Bonchev–Trinajstić information content (AvgIpc) is 3.02. The van der Waals surface area contributed by atoms with Crippen molar-refractivity contribution in [2.75, 3.05) is 11.6 Å². The lowest BCUT2D eigenvalue weighted by Gasteiger charge is -2.09. The van der Waals surface area contributed by atoms with Crippen molar-refractivity contribution in [2.45, 2.75) is 12.3 Å². The smallest absolute Gasteiger partial charge is 0.257 e. The molecule has 0 aliphatic carbocycles. The molecular formula is C17H17N3O3S. The van der Waals surface area contributed by atoms with Gasteiger partial charge in [-0.2, -0.15) is 4.98 Å². The molecule has 0 amide bonds. The molecule has 0 aliphatic rings. The van der Waals surface area contributed by atoms with E-state index >= 15 is 0 Å². The van der Waals surface area contributed by atoms with Crippen molar-refractivity contribution in [1.82, 2.24) is 10.1 Å². The van der Waals surface area contributed by atoms with Gasteiger partial charge in [0.2, 0.25) is 0 Å². The third kappa shape index (κ3) is 4.20. The number of hydrogen-bond acceptors (Lipinski definition) is 6. The van der Waals surface area contributed by atoms with E-state index in [1.54, 1.807) is 6.07 Å². The quantitative estimate of drug-likeness (QED) is 0.741. The van der Waals surface area contributed by atoms with Gasteiger partial charge in [0.25, 0.3) is 5.89 Å². The Kier molecular flexibility index (Phi) is 4.61. The fourth-order valence-corrected chi connectivity index (χ4v) is 3.12. The highest BCUT2D eigenvalue weighted by molar-refractivity contribution is 7.89. The Balaban J connectivity index is 1.72. The molecular weight excluding hydrogens is 326 g/mol. The van der Waals surface area contributed by atoms with E-state index in [-0.39, 0.29) is 5.75 Å². The van der Waals surface area contributed by atoms with E-state index in [0.29, 0.717) is 23.8 Å². The Bertz CT molecular complexity index is 921. The van der Waals surface area contributed by atoms with Crippen LogP contribution in [0.15, 0.2) is 59.1 Å². The fraction of sp³-hybridized carbons (Fsp3) is 0.176. The van der Waals surface area contributed by atoms with E-state index in [9.17, 15) is 8.42 Å². The molecule has 0 bridgehead atoms. The van der Waals surface area contributed by atoms with Gasteiger partial charge in [0, 0.05) is 17.5 Å². The molecule has 3 aromatic rings. The maximum absolute atomic E-state index is 11.5. The minimum atomic E-state index is -3.10. The van der Waals surface area contributed by atoms with Crippen molar-refractivity contribution < 1.29 is 12.9 Å². The summed E-state index contributed by atoms with van der Waals surface area (Å²) in [5.41, 5.74) is 2.31. The molecule has 0 spiro atoms. The molecule has 0 aliphatic heterocycles. The van der Waals surface area contributed by atoms with Gasteiger partial charge in [-0.1, -0.05) is 41.6 Å². The van der Waals surface area contributed by atoms with Crippen LogP contribution in [-0.4, -0.2) is 24.8 Å². The molecule has 7 heteroatoms. The number of anilines is 1. The number of nitrogens with zero attached hydrogens (tertiary/aromatic N) is 2. The first-order valence-corrected chi connectivity index (χ1v) is 9.45. The Labute approximate surface area is 140 Å². The van der Waals surface area contributed by atoms with Crippen molar-refractivity contribution in [1.29, 1.82) is 0 Å². The Morgan fingerprint density at radius 2 is 1.75 bits per heavy atom. The van der Waals surface area contributed by atoms with Crippen LogP contribution >= 0.6 is 0 Å². The summed E-state index contributed by atoms with van der Waals surface area (Å²) in [5.74, 6) is 0.942. The minimum Gasteiger partial charge on any atom is -0.377 e. The highest BCUT2D eigenvalue weighted by atomic mass is 32.2. The van der Waals surface area contributed by atoms with E-state index in [1.165, 1.54) is 6.26 Å². The van der Waals surface area contributed by atoms with Crippen LogP contribution < -0.4 is 5.32 Å². The van der Waals surface area contributed by atoms with E-state index in [2.05, 4.69) is 15.5 Å². The molecule has 3 rings (SSSR count). The van der Waals surface area contributed by atoms with Gasteiger partial charge in [0.15, 0.2) is 15.7 Å². The topological polar surface area (TPSA) is 85.1 Å². The SMILES string of the molecule is CS(=O)(=O)Cc1ccccc1NCc1noc(-c2ccccc2)n1. The number of hydrogen-bond donors (Lipinski definition) is 1. The molecule has 0 atom stereocenters. The summed E-state index contributed by atoms with van der Waals surface area (Å²) in [6, 6.07) is 16.8.